The van der Waals surface area contributed by atoms with Crippen molar-refractivity contribution in [1.29, 1.82) is 0 Å². The Morgan fingerprint density at radius 3 is 2.58 bits per heavy atom. The van der Waals surface area contributed by atoms with Gasteiger partial charge in [0.05, 0.1) is 0 Å². The van der Waals surface area contributed by atoms with Crippen molar-refractivity contribution in [3.63, 3.8) is 0 Å². The molecule has 2 N–H and O–H groups in total. The first-order chi connectivity index (χ1) is 18.2. The van der Waals surface area contributed by atoms with Crippen molar-refractivity contribution in [2.24, 2.45) is 11.3 Å². The van der Waals surface area contributed by atoms with E-state index in [2.05, 4.69) is 43.2 Å². The summed E-state index contributed by atoms with van der Waals surface area (Å²) in [6, 6.07) is 11.1. The minimum Gasteiger partial charge on any atom is -0.381 e. The lowest BCUT2D eigenvalue weighted by molar-refractivity contribution is -0.121. The van der Waals surface area contributed by atoms with Gasteiger partial charge in [0, 0.05) is 48.6 Å². The second kappa shape index (κ2) is 12.3. The van der Waals surface area contributed by atoms with Crippen molar-refractivity contribution in [3.8, 4) is 0 Å². The minimum atomic E-state index is -0.170. The highest BCUT2D eigenvalue weighted by molar-refractivity contribution is 6.01. The molecular weight excluding hydrogens is 479 g/mol. The van der Waals surface area contributed by atoms with Gasteiger partial charge < -0.3 is 15.5 Å². The quantitative estimate of drug-likeness (QED) is 0.401. The summed E-state index contributed by atoms with van der Waals surface area (Å²) in [5.74, 6) is 0.289. The normalized spacial score (nSPS) is 16.6. The molecule has 0 atom stereocenters. The molecule has 7 heteroatoms. The van der Waals surface area contributed by atoms with Crippen LogP contribution in [0.1, 0.15) is 80.4 Å². The number of unbranched alkanes of at least 4 members (excludes halogenated alkanes) is 1. The second-order valence-electron chi connectivity index (χ2n) is 11.9. The van der Waals surface area contributed by atoms with Gasteiger partial charge in [-0.15, -0.1) is 0 Å². The van der Waals surface area contributed by atoms with Crippen LogP contribution < -0.4 is 10.6 Å². The van der Waals surface area contributed by atoms with Crippen LogP contribution in [0.3, 0.4) is 0 Å². The number of nitrogens with zero attached hydrogens (tertiary/aromatic N) is 2. The van der Waals surface area contributed by atoms with Gasteiger partial charge in [-0.2, -0.15) is 0 Å². The summed E-state index contributed by atoms with van der Waals surface area (Å²) in [5, 5.41) is 6.26. The van der Waals surface area contributed by atoms with Crippen LogP contribution in [0.4, 0.5) is 10.1 Å². The molecule has 0 unspecified atom stereocenters. The molecule has 2 heterocycles. The number of anilines is 1. The summed E-state index contributed by atoms with van der Waals surface area (Å²) >= 11 is 0. The molecule has 2 amide bonds. The van der Waals surface area contributed by atoms with E-state index in [4.69, 9.17) is 0 Å². The third-order valence-corrected chi connectivity index (χ3v) is 8.04. The zero-order chi connectivity index (χ0) is 27.3. The van der Waals surface area contributed by atoms with Gasteiger partial charge >= 0.3 is 0 Å². The van der Waals surface area contributed by atoms with E-state index in [1.165, 1.54) is 0 Å². The smallest absolute Gasteiger partial charge is 0.255 e. The summed E-state index contributed by atoms with van der Waals surface area (Å²) in [6.07, 6.45) is 4.26. The first kappa shape index (κ1) is 28.1. The Balaban J connectivity index is 1.32. The van der Waals surface area contributed by atoms with E-state index in [0.29, 0.717) is 37.2 Å². The number of hydrogen-bond donors (Lipinski definition) is 2. The van der Waals surface area contributed by atoms with E-state index in [-0.39, 0.29) is 24.2 Å². The number of likely N-dealkylation sites (tertiary alicyclic amines) is 1. The molecule has 0 aliphatic carbocycles. The van der Waals surface area contributed by atoms with Crippen molar-refractivity contribution in [2.45, 2.75) is 73.0 Å². The molecule has 0 saturated carbocycles. The van der Waals surface area contributed by atoms with Gasteiger partial charge in [0.1, 0.15) is 12.4 Å². The fourth-order valence-corrected chi connectivity index (χ4v) is 5.54. The maximum Gasteiger partial charge on any atom is 0.255 e. The van der Waals surface area contributed by atoms with Crippen LogP contribution in [0.15, 0.2) is 36.4 Å². The van der Waals surface area contributed by atoms with E-state index in [9.17, 15) is 9.59 Å². The Morgan fingerprint density at radius 2 is 1.89 bits per heavy atom. The molecule has 6 nitrogen and oxygen atoms in total. The van der Waals surface area contributed by atoms with E-state index in [1.54, 1.807) is 17.0 Å². The summed E-state index contributed by atoms with van der Waals surface area (Å²) in [7, 11) is 0. The summed E-state index contributed by atoms with van der Waals surface area (Å²) in [5.41, 5.74) is 4.27. The molecule has 2 aromatic carbocycles. The number of hydrogen-bond acceptors (Lipinski definition) is 4. The predicted octanol–water partition coefficient (Wildman–Crippen LogP) is 5.57. The van der Waals surface area contributed by atoms with Crippen LogP contribution in [0.2, 0.25) is 0 Å². The van der Waals surface area contributed by atoms with Gasteiger partial charge in [-0.1, -0.05) is 52.3 Å². The van der Waals surface area contributed by atoms with Gasteiger partial charge in [0.2, 0.25) is 5.91 Å². The molecule has 0 aromatic heterocycles. The second-order valence-corrected chi connectivity index (χ2v) is 11.9. The van der Waals surface area contributed by atoms with Crippen molar-refractivity contribution in [1.82, 2.24) is 15.1 Å². The number of amides is 2. The van der Waals surface area contributed by atoms with E-state index in [0.717, 1.165) is 67.1 Å². The lowest BCUT2D eigenvalue weighted by Gasteiger charge is -2.38. The number of carbonyl (C=O) groups excluding carboxylic acids is 2. The van der Waals surface area contributed by atoms with Crippen molar-refractivity contribution < 1.29 is 14.0 Å². The number of fused-ring (bicyclic) bond motifs is 1. The number of carbonyl (C=O) groups is 2. The minimum absolute atomic E-state index is 0.0528. The summed E-state index contributed by atoms with van der Waals surface area (Å²) in [4.78, 5) is 29.1. The largest absolute Gasteiger partial charge is 0.381 e. The molecule has 1 fully saturated rings. The molecule has 1 saturated heterocycles. The number of rotatable bonds is 10. The van der Waals surface area contributed by atoms with Crippen molar-refractivity contribution in [3.05, 3.63) is 64.5 Å². The average Bonchev–Trinajstić information content (AvgIpc) is 3.19. The molecule has 0 bridgehead atoms. The van der Waals surface area contributed by atoms with Gasteiger partial charge in [-0.3, -0.25) is 14.5 Å². The lowest BCUT2D eigenvalue weighted by atomic mass is 9.75. The molecule has 206 valence electrons. The first-order valence-electron chi connectivity index (χ1n) is 14.1. The van der Waals surface area contributed by atoms with Crippen molar-refractivity contribution >= 4 is 17.5 Å². The third kappa shape index (κ3) is 6.93. The topological polar surface area (TPSA) is 64.7 Å². The summed E-state index contributed by atoms with van der Waals surface area (Å²) in [6.45, 7) is 13.2. The highest BCUT2D eigenvalue weighted by atomic mass is 19.1. The fourth-order valence-electron chi connectivity index (χ4n) is 5.54. The Bertz CT molecular complexity index is 1140. The summed E-state index contributed by atoms with van der Waals surface area (Å²) < 4.78 is 15.0. The van der Waals surface area contributed by atoms with Gasteiger partial charge in [-0.25, -0.2) is 4.39 Å². The van der Waals surface area contributed by atoms with Crippen LogP contribution in [-0.2, 0) is 24.4 Å². The van der Waals surface area contributed by atoms with Crippen LogP contribution in [0, 0.1) is 17.2 Å². The maximum absolute atomic E-state index is 15.0. The first-order valence-corrected chi connectivity index (χ1v) is 14.1. The Kier molecular flexibility index (Phi) is 9.08. The monoisotopic (exact) mass is 522 g/mol. The fraction of sp³-hybridized carbons (Fsp3) is 0.548. The maximum atomic E-state index is 15.0. The van der Waals surface area contributed by atoms with E-state index < -0.39 is 0 Å². The zero-order valence-corrected chi connectivity index (χ0v) is 23.4. The highest BCUT2D eigenvalue weighted by Crippen LogP contribution is 2.35. The van der Waals surface area contributed by atoms with Crippen LogP contribution in [0.25, 0.3) is 0 Å². The standard InChI is InChI=1S/C31H43FN4O2/c1-5-6-14-33-29(37)21-36-20-26-25(30(36)38)8-7-9-28(26)34-18-22-10-11-23(27(32)17-22)19-35-15-12-24(13-16-35)31(2,3)4/h7-11,17,24,34H,5-6,12-16,18-21H2,1-4H3,(H,33,37). The number of benzene rings is 2. The van der Waals surface area contributed by atoms with Crippen LogP contribution in [0.5, 0.6) is 0 Å². The zero-order valence-electron chi connectivity index (χ0n) is 23.4. The van der Waals surface area contributed by atoms with Gasteiger partial charge in [0.25, 0.3) is 5.91 Å². The number of piperidine rings is 1. The van der Waals surface area contributed by atoms with Crippen LogP contribution in [-0.4, -0.2) is 47.8 Å². The Morgan fingerprint density at radius 1 is 1.13 bits per heavy atom. The van der Waals surface area contributed by atoms with Gasteiger partial charge in [0.15, 0.2) is 0 Å². The molecule has 2 aliphatic rings. The predicted molar refractivity (Wildman–Crippen MR) is 150 cm³/mol. The molecule has 2 aromatic rings. The van der Waals surface area contributed by atoms with Crippen molar-refractivity contribution in [2.75, 3.05) is 31.5 Å². The van der Waals surface area contributed by atoms with E-state index >= 15 is 4.39 Å². The SMILES string of the molecule is CCCCNC(=O)CN1Cc2c(NCc3ccc(CN4CCC(C(C)(C)C)CC4)c(F)c3)cccc2C1=O. The molecule has 38 heavy (non-hydrogen) atoms. The molecule has 4 rings (SSSR count). The van der Waals surface area contributed by atoms with Crippen LogP contribution >= 0.6 is 0 Å². The average molecular weight is 523 g/mol. The molecule has 0 radical (unpaired) electrons. The molecular formula is C31H43FN4O2. The van der Waals surface area contributed by atoms with Gasteiger partial charge in [-0.05, 0) is 67.4 Å². The third-order valence-electron chi connectivity index (χ3n) is 8.04. The Labute approximate surface area is 227 Å². The van der Waals surface area contributed by atoms with E-state index in [1.807, 2.05) is 24.3 Å². The molecule has 0 spiro atoms. The Hall–Kier alpha value is -2.93. The lowest BCUT2D eigenvalue weighted by Crippen LogP contribution is -2.37. The highest BCUT2D eigenvalue weighted by Gasteiger charge is 2.31. The number of halogens is 1. The molecule has 2 aliphatic heterocycles. The number of nitrogens with one attached hydrogen (secondary N) is 2.